The van der Waals surface area contributed by atoms with Crippen LogP contribution >= 0.6 is 0 Å². The fourth-order valence-electron chi connectivity index (χ4n) is 3.45. The van der Waals surface area contributed by atoms with Crippen LogP contribution in [-0.2, 0) is 16.4 Å². The first-order valence-electron chi connectivity index (χ1n) is 8.70. The van der Waals surface area contributed by atoms with Gasteiger partial charge in [-0.3, -0.25) is 4.90 Å². The van der Waals surface area contributed by atoms with Gasteiger partial charge in [0.1, 0.15) is 21.3 Å². The highest BCUT2D eigenvalue weighted by Gasteiger charge is 2.23. The van der Waals surface area contributed by atoms with Crippen LogP contribution in [0.25, 0.3) is 0 Å². The van der Waals surface area contributed by atoms with Crippen molar-refractivity contribution in [3.63, 3.8) is 0 Å². The van der Waals surface area contributed by atoms with Crippen LogP contribution in [0.5, 0.6) is 11.5 Å². The van der Waals surface area contributed by atoms with Crippen molar-refractivity contribution in [1.29, 1.82) is 0 Å². The molecule has 0 spiro atoms. The molecule has 2 aromatic rings. The SMILES string of the molecule is CS(=O)(=O)C[C@H]1CCCN(Cc2cccc(Oc3ccccc3)c2)C1. The van der Waals surface area contributed by atoms with Gasteiger partial charge in [-0.2, -0.15) is 0 Å². The lowest BCUT2D eigenvalue weighted by molar-refractivity contribution is 0.177. The van der Waals surface area contributed by atoms with Gasteiger partial charge < -0.3 is 4.74 Å². The minimum Gasteiger partial charge on any atom is -0.457 e. The van der Waals surface area contributed by atoms with Gasteiger partial charge in [-0.05, 0) is 55.1 Å². The lowest BCUT2D eigenvalue weighted by atomic mass is 9.99. The maximum atomic E-state index is 11.5. The van der Waals surface area contributed by atoms with Crippen LogP contribution in [0.1, 0.15) is 18.4 Å². The van der Waals surface area contributed by atoms with Gasteiger partial charge in [0.15, 0.2) is 0 Å². The summed E-state index contributed by atoms with van der Waals surface area (Å²) in [4.78, 5) is 2.35. The molecule has 25 heavy (non-hydrogen) atoms. The van der Waals surface area contributed by atoms with E-state index in [4.69, 9.17) is 4.74 Å². The molecular formula is C20H25NO3S. The van der Waals surface area contributed by atoms with E-state index < -0.39 is 9.84 Å². The van der Waals surface area contributed by atoms with Gasteiger partial charge in [0.05, 0.1) is 5.75 Å². The molecule has 0 unspecified atom stereocenters. The maximum Gasteiger partial charge on any atom is 0.147 e. The van der Waals surface area contributed by atoms with Crippen molar-refractivity contribution in [3.05, 3.63) is 60.2 Å². The first kappa shape index (κ1) is 18.0. The Bertz CT molecular complexity index is 790. The predicted octanol–water partition coefficient (Wildman–Crippen LogP) is 3.74. The van der Waals surface area contributed by atoms with Gasteiger partial charge in [0.2, 0.25) is 0 Å². The molecule has 0 bridgehead atoms. The van der Waals surface area contributed by atoms with Crippen molar-refractivity contribution >= 4 is 9.84 Å². The number of benzene rings is 2. The van der Waals surface area contributed by atoms with E-state index in [1.165, 1.54) is 11.8 Å². The third-order valence-corrected chi connectivity index (χ3v) is 5.50. The second-order valence-electron chi connectivity index (χ2n) is 6.90. The molecule has 4 nitrogen and oxygen atoms in total. The highest BCUT2D eigenvalue weighted by atomic mass is 32.2. The molecule has 5 heteroatoms. The van der Waals surface area contributed by atoms with Crippen molar-refractivity contribution in [1.82, 2.24) is 4.90 Å². The molecule has 134 valence electrons. The maximum absolute atomic E-state index is 11.5. The molecule has 1 saturated heterocycles. The number of nitrogens with zero attached hydrogens (tertiary/aromatic N) is 1. The molecule has 0 aliphatic carbocycles. The second-order valence-corrected chi connectivity index (χ2v) is 9.08. The summed E-state index contributed by atoms with van der Waals surface area (Å²) < 4.78 is 29.0. The van der Waals surface area contributed by atoms with Crippen LogP contribution < -0.4 is 4.74 Å². The van der Waals surface area contributed by atoms with E-state index in [1.54, 1.807) is 0 Å². The lowest BCUT2D eigenvalue weighted by Gasteiger charge is -2.32. The van der Waals surface area contributed by atoms with Gasteiger partial charge in [-0.25, -0.2) is 8.42 Å². The Morgan fingerprint density at radius 1 is 1.08 bits per heavy atom. The summed E-state index contributed by atoms with van der Waals surface area (Å²) in [6.07, 6.45) is 3.39. The minimum absolute atomic E-state index is 0.243. The van der Waals surface area contributed by atoms with Crippen LogP contribution in [0.2, 0.25) is 0 Å². The Hall–Kier alpha value is -1.85. The molecule has 0 aromatic heterocycles. The van der Waals surface area contributed by atoms with Crippen molar-refractivity contribution < 1.29 is 13.2 Å². The topological polar surface area (TPSA) is 46.6 Å². The fraction of sp³-hybridized carbons (Fsp3) is 0.400. The van der Waals surface area contributed by atoms with Crippen LogP contribution in [0.15, 0.2) is 54.6 Å². The Kier molecular flexibility index (Phi) is 5.76. The number of para-hydroxylation sites is 1. The molecule has 0 radical (unpaired) electrons. The smallest absolute Gasteiger partial charge is 0.147 e. The van der Waals surface area contributed by atoms with Crippen molar-refractivity contribution in [3.8, 4) is 11.5 Å². The number of hydrogen-bond acceptors (Lipinski definition) is 4. The molecule has 0 amide bonds. The van der Waals surface area contributed by atoms with Gasteiger partial charge in [-0.15, -0.1) is 0 Å². The van der Waals surface area contributed by atoms with E-state index in [0.717, 1.165) is 44.0 Å². The zero-order chi connectivity index (χ0) is 17.7. The normalized spacial score (nSPS) is 18.8. The third-order valence-electron chi connectivity index (χ3n) is 4.43. The third kappa shape index (κ3) is 5.87. The number of sulfone groups is 1. The average molecular weight is 359 g/mol. The summed E-state index contributed by atoms with van der Waals surface area (Å²) in [6.45, 7) is 2.69. The van der Waals surface area contributed by atoms with Gasteiger partial charge in [-0.1, -0.05) is 30.3 Å². The number of piperidine rings is 1. The highest BCUT2D eigenvalue weighted by Crippen LogP contribution is 2.24. The molecule has 0 N–H and O–H groups in total. The quantitative estimate of drug-likeness (QED) is 0.788. The summed E-state index contributed by atoms with van der Waals surface area (Å²) in [5.74, 6) is 2.19. The first-order chi connectivity index (χ1) is 12.0. The molecule has 0 saturated carbocycles. The summed E-state index contributed by atoms with van der Waals surface area (Å²) in [5, 5.41) is 0. The number of hydrogen-bond donors (Lipinski definition) is 0. The molecule has 1 atom stereocenters. The van der Waals surface area contributed by atoms with Crippen LogP contribution in [0.3, 0.4) is 0 Å². The first-order valence-corrected chi connectivity index (χ1v) is 10.8. The largest absolute Gasteiger partial charge is 0.457 e. The Morgan fingerprint density at radius 2 is 1.84 bits per heavy atom. The Labute approximate surface area is 150 Å². The number of ether oxygens (including phenoxy) is 1. The fourth-order valence-corrected chi connectivity index (χ4v) is 4.58. The molecule has 1 aliphatic heterocycles. The van der Waals surface area contributed by atoms with Crippen LogP contribution in [0.4, 0.5) is 0 Å². The second kappa shape index (κ2) is 8.02. The van der Waals surface area contributed by atoms with E-state index >= 15 is 0 Å². The van der Waals surface area contributed by atoms with Crippen molar-refractivity contribution in [2.75, 3.05) is 25.1 Å². The molecule has 1 heterocycles. The molecule has 1 aliphatic rings. The molecule has 2 aromatic carbocycles. The number of rotatable bonds is 6. The summed E-state index contributed by atoms with van der Waals surface area (Å²) >= 11 is 0. The standard InChI is InChI=1S/C20H25NO3S/c1-25(22,23)16-18-8-6-12-21(15-18)14-17-7-5-11-20(13-17)24-19-9-3-2-4-10-19/h2-5,7,9-11,13,18H,6,8,12,14-16H2,1H3/t18-/m0/s1. The van der Waals surface area contributed by atoms with Crippen LogP contribution in [0, 0.1) is 5.92 Å². The molecule has 3 rings (SSSR count). The Morgan fingerprint density at radius 3 is 2.60 bits per heavy atom. The molecular weight excluding hydrogens is 334 g/mol. The number of likely N-dealkylation sites (tertiary alicyclic amines) is 1. The van der Waals surface area contributed by atoms with Crippen LogP contribution in [-0.4, -0.2) is 38.4 Å². The monoisotopic (exact) mass is 359 g/mol. The predicted molar refractivity (Wildman–Crippen MR) is 101 cm³/mol. The van der Waals surface area contributed by atoms with E-state index in [2.05, 4.69) is 17.0 Å². The summed E-state index contributed by atoms with van der Waals surface area (Å²) in [6, 6.07) is 17.9. The highest BCUT2D eigenvalue weighted by molar-refractivity contribution is 7.90. The van der Waals surface area contributed by atoms with Gasteiger partial charge >= 0.3 is 0 Å². The minimum atomic E-state index is -2.91. The van der Waals surface area contributed by atoms with Gasteiger partial charge in [0.25, 0.3) is 0 Å². The zero-order valence-corrected chi connectivity index (χ0v) is 15.4. The van der Waals surface area contributed by atoms with E-state index in [9.17, 15) is 8.42 Å². The average Bonchev–Trinajstić information content (AvgIpc) is 2.55. The lowest BCUT2D eigenvalue weighted by Crippen LogP contribution is -2.37. The van der Waals surface area contributed by atoms with E-state index in [-0.39, 0.29) is 5.92 Å². The summed E-state index contributed by atoms with van der Waals surface area (Å²) in [7, 11) is -2.91. The molecule has 1 fully saturated rings. The van der Waals surface area contributed by atoms with Crippen molar-refractivity contribution in [2.45, 2.75) is 19.4 Å². The van der Waals surface area contributed by atoms with Gasteiger partial charge in [0, 0.05) is 19.3 Å². The summed E-state index contributed by atoms with van der Waals surface area (Å²) in [5.41, 5.74) is 1.19. The van der Waals surface area contributed by atoms with Crippen molar-refractivity contribution in [2.24, 2.45) is 5.92 Å². The Balaban J connectivity index is 1.62. The van der Waals surface area contributed by atoms with E-state index in [1.807, 2.05) is 42.5 Å². The van der Waals surface area contributed by atoms with E-state index in [0.29, 0.717) is 5.75 Å². The zero-order valence-electron chi connectivity index (χ0n) is 14.6.